The number of benzene rings is 2. The summed E-state index contributed by atoms with van der Waals surface area (Å²) >= 11 is 6.18. The number of halogens is 1. The molecule has 0 radical (unpaired) electrons. The van der Waals surface area contributed by atoms with E-state index < -0.39 is 0 Å². The van der Waals surface area contributed by atoms with Crippen molar-refractivity contribution in [3.8, 4) is 17.2 Å². The molecule has 1 heterocycles. The first kappa shape index (κ1) is 14.7. The summed E-state index contributed by atoms with van der Waals surface area (Å²) in [6.07, 6.45) is 0. The summed E-state index contributed by atoms with van der Waals surface area (Å²) in [7, 11) is 0. The first-order chi connectivity index (χ1) is 10.6. The van der Waals surface area contributed by atoms with Gasteiger partial charge < -0.3 is 9.15 Å². The lowest BCUT2D eigenvalue weighted by Crippen LogP contribution is -1.98. The predicted molar refractivity (Wildman–Crippen MR) is 87.2 cm³/mol. The van der Waals surface area contributed by atoms with Crippen molar-refractivity contribution in [1.82, 2.24) is 4.98 Å². The van der Waals surface area contributed by atoms with Crippen LogP contribution in [0.2, 0.25) is 5.02 Å². The number of oxazole rings is 1. The van der Waals surface area contributed by atoms with Crippen molar-refractivity contribution in [2.75, 3.05) is 0 Å². The molecule has 0 saturated heterocycles. The minimum absolute atomic E-state index is 0.366. The molecule has 0 aliphatic carbocycles. The lowest BCUT2D eigenvalue weighted by molar-refractivity contribution is 0.297. The zero-order valence-corrected chi connectivity index (χ0v) is 13.2. The predicted octanol–water partition coefficient (Wildman–Crippen LogP) is 5.19. The van der Waals surface area contributed by atoms with Gasteiger partial charge in [-0.1, -0.05) is 41.9 Å². The van der Waals surface area contributed by atoms with E-state index in [9.17, 15) is 0 Å². The van der Waals surface area contributed by atoms with E-state index in [4.69, 9.17) is 20.8 Å². The van der Waals surface area contributed by atoms with Gasteiger partial charge in [0.15, 0.2) is 0 Å². The summed E-state index contributed by atoms with van der Waals surface area (Å²) in [5, 5.41) is 0.620. The van der Waals surface area contributed by atoms with E-state index in [2.05, 4.69) is 4.98 Å². The molecular formula is C18H16ClNO2. The van der Waals surface area contributed by atoms with Crippen molar-refractivity contribution in [2.45, 2.75) is 20.5 Å². The largest absolute Gasteiger partial charge is 0.487 e. The fraction of sp³-hybridized carbons (Fsp3) is 0.167. The van der Waals surface area contributed by atoms with E-state index in [-0.39, 0.29) is 0 Å². The fourth-order valence-electron chi connectivity index (χ4n) is 2.18. The molecule has 0 amide bonds. The molecule has 22 heavy (non-hydrogen) atoms. The van der Waals surface area contributed by atoms with E-state index in [1.165, 1.54) is 0 Å². The molecule has 4 heteroatoms. The van der Waals surface area contributed by atoms with Gasteiger partial charge in [-0.05, 0) is 37.6 Å². The van der Waals surface area contributed by atoms with Crippen molar-refractivity contribution in [3.63, 3.8) is 0 Å². The summed E-state index contributed by atoms with van der Waals surface area (Å²) in [5.41, 5.74) is 2.66. The minimum atomic E-state index is 0.366. The Hall–Kier alpha value is -2.26. The lowest BCUT2D eigenvalue weighted by Gasteiger charge is -2.07. The Bertz CT molecular complexity index is 795. The van der Waals surface area contributed by atoms with Crippen LogP contribution in [-0.4, -0.2) is 4.98 Å². The molecule has 0 N–H and O–H groups in total. The number of ether oxygens (including phenoxy) is 1. The third kappa shape index (κ3) is 3.00. The van der Waals surface area contributed by atoms with Gasteiger partial charge in [0, 0.05) is 0 Å². The zero-order chi connectivity index (χ0) is 15.5. The van der Waals surface area contributed by atoms with E-state index >= 15 is 0 Å². The Balaban J connectivity index is 1.82. The van der Waals surface area contributed by atoms with Gasteiger partial charge in [-0.2, -0.15) is 0 Å². The Morgan fingerprint density at radius 3 is 2.55 bits per heavy atom. The highest BCUT2D eigenvalue weighted by Crippen LogP contribution is 2.29. The van der Waals surface area contributed by atoms with E-state index in [1.54, 1.807) is 0 Å². The van der Waals surface area contributed by atoms with Gasteiger partial charge in [0.25, 0.3) is 0 Å². The number of hydrogen-bond donors (Lipinski definition) is 0. The second-order valence-electron chi connectivity index (χ2n) is 5.06. The summed E-state index contributed by atoms with van der Waals surface area (Å²) in [4.78, 5) is 4.51. The molecule has 3 aromatic rings. The van der Waals surface area contributed by atoms with Crippen LogP contribution in [0.4, 0.5) is 0 Å². The van der Waals surface area contributed by atoms with Gasteiger partial charge in [0.1, 0.15) is 23.8 Å². The van der Waals surface area contributed by atoms with Crippen LogP contribution in [0.25, 0.3) is 11.5 Å². The topological polar surface area (TPSA) is 35.3 Å². The van der Waals surface area contributed by atoms with Crippen LogP contribution in [0.3, 0.4) is 0 Å². The summed E-state index contributed by atoms with van der Waals surface area (Å²) in [5.74, 6) is 2.11. The van der Waals surface area contributed by atoms with Gasteiger partial charge in [-0.25, -0.2) is 4.98 Å². The van der Waals surface area contributed by atoms with Crippen molar-refractivity contribution in [2.24, 2.45) is 0 Å². The highest BCUT2D eigenvalue weighted by molar-refractivity contribution is 6.33. The Morgan fingerprint density at radius 2 is 1.77 bits per heavy atom. The van der Waals surface area contributed by atoms with Crippen LogP contribution in [0.5, 0.6) is 5.75 Å². The molecule has 3 rings (SSSR count). The van der Waals surface area contributed by atoms with Crippen molar-refractivity contribution in [1.29, 1.82) is 0 Å². The number of aryl methyl sites for hydroxylation is 2. The van der Waals surface area contributed by atoms with Crippen LogP contribution in [-0.2, 0) is 6.61 Å². The molecule has 0 saturated carbocycles. The molecule has 112 valence electrons. The molecule has 2 aromatic carbocycles. The van der Waals surface area contributed by atoms with Gasteiger partial charge >= 0.3 is 0 Å². The molecular weight excluding hydrogens is 298 g/mol. The molecule has 0 aliphatic heterocycles. The van der Waals surface area contributed by atoms with Crippen LogP contribution in [0.15, 0.2) is 52.9 Å². The average molecular weight is 314 g/mol. The second-order valence-corrected chi connectivity index (χ2v) is 5.46. The van der Waals surface area contributed by atoms with Crippen LogP contribution in [0.1, 0.15) is 17.0 Å². The second kappa shape index (κ2) is 6.24. The zero-order valence-electron chi connectivity index (χ0n) is 12.5. The fourth-order valence-corrected chi connectivity index (χ4v) is 2.39. The summed E-state index contributed by atoms with van der Waals surface area (Å²) < 4.78 is 11.6. The number of aromatic nitrogens is 1. The molecule has 0 spiro atoms. The first-order valence-corrected chi connectivity index (χ1v) is 7.42. The molecule has 0 bridgehead atoms. The smallest absolute Gasteiger partial charge is 0.228 e. The number of nitrogens with zero attached hydrogens (tertiary/aromatic N) is 1. The maximum Gasteiger partial charge on any atom is 0.228 e. The minimum Gasteiger partial charge on any atom is -0.487 e. The number of para-hydroxylation sites is 1. The van der Waals surface area contributed by atoms with Crippen molar-refractivity contribution < 1.29 is 9.15 Å². The van der Waals surface area contributed by atoms with Gasteiger partial charge in [-0.15, -0.1) is 0 Å². The monoisotopic (exact) mass is 313 g/mol. The van der Waals surface area contributed by atoms with E-state index in [0.717, 1.165) is 28.3 Å². The molecule has 1 aromatic heterocycles. The molecule has 0 unspecified atom stereocenters. The Kier molecular flexibility index (Phi) is 4.16. The molecule has 0 atom stereocenters. The first-order valence-electron chi connectivity index (χ1n) is 7.05. The third-order valence-corrected chi connectivity index (χ3v) is 3.78. The Labute approximate surface area is 134 Å². The summed E-state index contributed by atoms with van der Waals surface area (Å²) in [6, 6.07) is 15.4. The number of rotatable bonds is 4. The molecule has 0 aliphatic rings. The maximum atomic E-state index is 6.18. The lowest BCUT2D eigenvalue weighted by atomic mass is 10.2. The normalized spacial score (nSPS) is 10.7. The highest BCUT2D eigenvalue weighted by atomic mass is 35.5. The van der Waals surface area contributed by atoms with Crippen molar-refractivity contribution in [3.05, 3.63) is 70.6 Å². The van der Waals surface area contributed by atoms with Crippen LogP contribution in [0, 0.1) is 13.8 Å². The standard InChI is InChI=1S/C18H16ClNO2/c1-12-7-3-6-10-17(12)21-11-16-13(2)22-18(20-16)14-8-4-5-9-15(14)19/h3-10H,11H2,1-2H3. The van der Waals surface area contributed by atoms with E-state index in [0.29, 0.717) is 17.5 Å². The highest BCUT2D eigenvalue weighted by Gasteiger charge is 2.14. The molecule has 3 nitrogen and oxygen atoms in total. The Morgan fingerprint density at radius 1 is 1.05 bits per heavy atom. The van der Waals surface area contributed by atoms with Gasteiger partial charge in [-0.3, -0.25) is 0 Å². The third-order valence-electron chi connectivity index (χ3n) is 3.45. The van der Waals surface area contributed by atoms with Crippen LogP contribution >= 0.6 is 11.6 Å². The molecule has 0 fully saturated rings. The van der Waals surface area contributed by atoms with Crippen LogP contribution < -0.4 is 4.74 Å². The van der Waals surface area contributed by atoms with Crippen molar-refractivity contribution >= 4 is 11.6 Å². The van der Waals surface area contributed by atoms with Gasteiger partial charge in [0.2, 0.25) is 5.89 Å². The number of hydrogen-bond acceptors (Lipinski definition) is 3. The maximum absolute atomic E-state index is 6.18. The quantitative estimate of drug-likeness (QED) is 0.664. The SMILES string of the molecule is Cc1ccccc1OCc1nc(-c2ccccc2Cl)oc1C. The average Bonchev–Trinajstić information content (AvgIpc) is 2.88. The van der Waals surface area contributed by atoms with E-state index in [1.807, 2.05) is 62.4 Å². The van der Waals surface area contributed by atoms with Gasteiger partial charge in [0.05, 0.1) is 10.6 Å². The summed E-state index contributed by atoms with van der Waals surface area (Å²) in [6.45, 7) is 4.26.